The van der Waals surface area contributed by atoms with Gasteiger partial charge in [0.2, 0.25) is 0 Å². The number of hydrogen-bond donors (Lipinski definition) is 1. The van der Waals surface area contributed by atoms with E-state index in [0.717, 1.165) is 17.5 Å². The van der Waals surface area contributed by atoms with E-state index in [9.17, 15) is 26.0 Å². The van der Waals surface area contributed by atoms with Gasteiger partial charge in [0, 0.05) is 16.1 Å². The van der Waals surface area contributed by atoms with Crippen LogP contribution in [0, 0.1) is 5.82 Å². The number of amides is 1. The van der Waals surface area contributed by atoms with Gasteiger partial charge in [0.05, 0.1) is 22.3 Å². The number of rotatable bonds is 3. The van der Waals surface area contributed by atoms with Crippen molar-refractivity contribution in [1.82, 2.24) is 5.32 Å². The Balaban J connectivity index is 2.19. The minimum Gasteiger partial charge on any atom is -0.345 e. The smallest absolute Gasteiger partial charge is 0.261 e. The third kappa shape index (κ3) is 3.80. The Hall–Kier alpha value is -1.45. The molecule has 1 atom stereocenters. The normalized spacial score (nSPS) is 20.4. The molecule has 0 saturated heterocycles. The Labute approximate surface area is 124 Å². The molecule has 1 unspecified atom stereocenters. The lowest BCUT2D eigenvalue weighted by Crippen LogP contribution is -2.35. The molecule has 1 aliphatic rings. The minimum absolute atomic E-state index is 0.297. The van der Waals surface area contributed by atoms with E-state index >= 15 is 0 Å². The summed E-state index contributed by atoms with van der Waals surface area (Å²) in [6, 6.07) is 1.82. The van der Waals surface area contributed by atoms with Crippen molar-refractivity contribution in [3.63, 3.8) is 0 Å². The molecule has 1 amide bonds. The van der Waals surface area contributed by atoms with Gasteiger partial charge in [0.25, 0.3) is 15.0 Å². The number of hydrogen-bond acceptors (Lipinski definition) is 5. The van der Waals surface area contributed by atoms with Crippen molar-refractivity contribution in [2.45, 2.75) is 10.9 Å². The highest BCUT2D eigenvalue weighted by Gasteiger charge is 2.25. The first-order valence-electron chi connectivity index (χ1n) is 5.54. The topological polar surface area (TPSA) is 97.4 Å². The van der Waals surface area contributed by atoms with E-state index in [-0.39, 0.29) is 5.75 Å². The molecule has 1 aromatic carbocycles. The van der Waals surface area contributed by atoms with Gasteiger partial charge in [-0.05, 0) is 24.3 Å². The zero-order valence-corrected chi connectivity index (χ0v) is 12.7. The predicted molar refractivity (Wildman–Crippen MR) is 73.6 cm³/mol. The van der Waals surface area contributed by atoms with Crippen LogP contribution in [0.2, 0.25) is 0 Å². The fourth-order valence-corrected chi connectivity index (χ4v) is 3.74. The van der Waals surface area contributed by atoms with Crippen LogP contribution in [0.3, 0.4) is 0 Å². The molecule has 1 heterocycles. The molecule has 114 valence electrons. The van der Waals surface area contributed by atoms with Crippen LogP contribution in [0.15, 0.2) is 34.6 Å². The summed E-state index contributed by atoms with van der Waals surface area (Å²) >= 11 is 0. The molecule has 0 spiro atoms. The summed E-state index contributed by atoms with van der Waals surface area (Å²) in [5.41, 5.74) is -0.406. The Bertz CT molecular complexity index is 832. The van der Waals surface area contributed by atoms with Gasteiger partial charge in [0.1, 0.15) is 5.82 Å². The van der Waals surface area contributed by atoms with Gasteiger partial charge in [0.15, 0.2) is 9.84 Å². The van der Waals surface area contributed by atoms with Crippen LogP contribution in [0.25, 0.3) is 0 Å². The molecule has 0 saturated carbocycles. The van der Waals surface area contributed by atoms with Crippen LogP contribution in [-0.2, 0) is 18.9 Å². The standard InChI is InChI=1S/C11H9ClFNO5S2/c12-21(18,19)8-1-2-9(10(13)5-8)11(15)14-7-3-4-20(16,17)6-7/h1-5,7H,6H2,(H,14,15). The van der Waals surface area contributed by atoms with Gasteiger partial charge in [-0.1, -0.05) is 0 Å². The predicted octanol–water partition coefficient (Wildman–Crippen LogP) is 0.794. The lowest BCUT2D eigenvalue weighted by molar-refractivity contribution is 0.0943. The fraction of sp³-hybridized carbons (Fsp3) is 0.182. The first kappa shape index (κ1) is 15.9. The van der Waals surface area contributed by atoms with Crippen molar-refractivity contribution in [2.75, 3.05) is 5.75 Å². The second kappa shape index (κ2) is 5.39. The van der Waals surface area contributed by atoms with Gasteiger partial charge in [-0.3, -0.25) is 4.79 Å². The Morgan fingerprint density at radius 3 is 2.52 bits per heavy atom. The van der Waals surface area contributed by atoms with Gasteiger partial charge < -0.3 is 5.32 Å². The van der Waals surface area contributed by atoms with Crippen LogP contribution in [0.5, 0.6) is 0 Å². The number of benzene rings is 1. The maximum absolute atomic E-state index is 13.7. The molecule has 0 radical (unpaired) electrons. The molecular weight excluding hydrogens is 345 g/mol. The third-order valence-corrected chi connectivity index (χ3v) is 5.46. The summed E-state index contributed by atoms with van der Waals surface area (Å²) in [4.78, 5) is 11.4. The quantitative estimate of drug-likeness (QED) is 0.810. The van der Waals surface area contributed by atoms with Crippen LogP contribution in [0.4, 0.5) is 4.39 Å². The summed E-state index contributed by atoms with van der Waals surface area (Å²) in [7, 11) is -2.38. The average Bonchev–Trinajstić information content (AvgIpc) is 2.67. The van der Waals surface area contributed by atoms with E-state index in [4.69, 9.17) is 10.7 Å². The summed E-state index contributed by atoms with van der Waals surface area (Å²) < 4.78 is 58.2. The van der Waals surface area contributed by atoms with Crippen molar-refractivity contribution < 1.29 is 26.0 Å². The van der Waals surface area contributed by atoms with Crippen molar-refractivity contribution in [3.8, 4) is 0 Å². The van der Waals surface area contributed by atoms with Crippen LogP contribution < -0.4 is 5.32 Å². The molecule has 2 rings (SSSR count). The number of halogens is 2. The molecule has 0 aliphatic carbocycles. The second-order valence-electron chi connectivity index (χ2n) is 4.32. The molecule has 1 N–H and O–H groups in total. The molecule has 1 aliphatic heterocycles. The van der Waals surface area contributed by atoms with Crippen molar-refractivity contribution >= 4 is 35.5 Å². The number of sulfone groups is 1. The van der Waals surface area contributed by atoms with Crippen LogP contribution >= 0.6 is 10.7 Å². The van der Waals surface area contributed by atoms with Gasteiger partial charge in [-0.2, -0.15) is 0 Å². The largest absolute Gasteiger partial charge is 0.345 e. The van der Waals surface area contributed by atoms with Crippen molar-refractivity contribution in [1.29, 1.82) is 0 Å². The maximum atomic E-state index is 13.7. The van der Waals surface area contributed by atoms with Crippen molar-refractivity contribution in [2.24, 2.45) is 0 Å². The SMILES string of the molecule is O=C(NC1C=CS(=O)(=O)C1)c1ccc(S(=O)(=O)Cl)cc1F. The minimum atomic E-state index is -4.10. The molecule has 21 heavy (non-hydrogen) atoms. The van der Waals surface area contributed by atoms with E-state index in [1.807, 2.05) is 0 Å². The Morgan fingerprint density at radius 1 is 1.38 bits per heavy atom. The van der Waals surface area contributed by atoms with Gasteiger partial charge >= 0.3 is 0 Å². The number of carbonyl (C=O) groups is 1. The van der Waals surface area contributed by atoms with E-state index in [1.54, 1.807) is 0 Å². The van der Waals surface area contributed by atoms with Gasteiger partial charge in [-0.15, -0.1) is 0 Å². The zero-order chi connectivity index (χ0) is 15.8. The maximum Gasteiger partial charge on any atom is 0.261 e. The average molecular weight is 354 g/mol. The zero-order valence-electron chi connectivity index (χ0n) is 10.3. The molecule has 1 aromatic rings. The van der Waals surface area contributed by atoms with Crippen molar-refractivity contribution in [3.05, 3.63) is 41.1 Å². The first-order chi connectivity index (χ1) is 9.58. The lowest BCUT2D eigenvalue weighted by atomic mass is 10.2. The highest BCUT2D eigenvalue weighted by Crippen LogP contribution is 2.19. The molecule has 0 bridgehead atoms. The molecule has 0 aromatic heterocycles. The molecule has 10 heteroatoms. The summed E-state index contributed by atoms with van der Waals surface area (Å²) in [6.07, 6.45) is 1.28. The fourth-order valence-electron chi connectivity index (χ4n) is 1.74. The number of carbonyl (C=O) groups excluding carboxylic acids is 1. The first-order valence-corrected chi connectivity index (χ1v) is 9.57. The molecule has 0 fully saturated rings. The van der Waals surface area contributed by atoms with E-state index < -0.39 is 47.1 Å². The lowest BCUT2D eigenvalue weighted by Gasteiger charge is -2.10. The van der Waals surface area contributed by atoms with E-state index in [2.05, 4.69) is 5.32 Å². The summed E-state index contributed by atoms with van der Waals surface area (Å²) in [5, 5.41) is 3.29. The van der Waals surface area contributed by atoms with E-state index in [0.29, 0.717) is 6.07 Å². The summed E-state index contributed by atoms with van der Waals surface area (Å²) in [5.74, 6) is -2.22. The van der Waals surface area contributed by atoms with E-state index in [1.165, 1.54) is 6.08 Å². The Morgan fingerprint density at radius 2 is 2.05 bits per heavy atom. The highest BCUT2D eigenvalue weighted by atomic mass is 35.7. The Kier molecular flexibility index (Phi) is 4.09. The molecular formula is C11H9ClFNO5S2. The van der Waals surface area contributed by atoms with Crippen LogP contribution in [0.1, 0.15) is 10.4 Å². The summed E-state index contributed by atoms with van der Waals surface area (Å²) in [6.45, 7) is 0. The van der Waals surface area contributed by atoms with Gasteiger partial charge in [-0.25, -0.2) is 21.2 Å². The number of nitrogens with one attached hydrogen (secondary N) is 1. The second-order valence-corrected chi connectivity index (χ2v) is 8.81. The van der Waals surface area contributed by atoms with Crippen LogP contribution in [-0.4, -0.2) is 34.5 Å². The monoisotopic (exact) mass is 353 g/mol. The highest BCUT2D eigenvalue weighted by molar-refractivity contribution is 8.13. The molecule has 6 nitrogen and oxygen atoms in total. The third-order valence-electron chi connectivity index (χ3n) is 2.71.